The molecule has 0 N–H and O–H groups in total. The van der Waals surface area contributed by atoms with Gasteiger partial charge in [0.25, 0.3) is 0 Å². The van der Waals surface area contributed by atoms with E-state index in [9.17, 15) is 14.4 Å². The average Bonchev–Trinajstić information content (AvgIpc) is 3.30. The number of esters is 2. The Morgan fingerprint density at radius 3 is 2.46 bits per heavy atom. The van der Waals surface area contributed by atoms with Crippen molar-refractivity contribution in [3.63, 3.8) is 0 Å². The van der Waals surface area contributed by atoms with Gasteiger partial charge in [-0.15, -0.1) is 0 Å². The van der Waals surface area contributed by atoms with E-state index in [-0.39, 0.29) is 53.1 Å². The van der Waals surface area contributed by atoms with E-state index in [2.05, 4.69) is 0 Å². The highest BCUT2D eigenvalue weighted by Crippen LogP contribution is 2.42. The van der Waals surface area contributed by atoms with Gasteiger partial charge in [-0.25, -0.2) is 0 Å². The summed E-state index contributed by atoms with van der Waals surface area (Å²) < 4.78 is 11.5. The van der Waals surface area contributed by atoms with Crippen LogP contribution in [0.4, 0.5) is 0 Å². The molecule has 4 aliphatic carbocycles. The van der Waals surface area contributed by atoms with Crippen molar-refractivity contribution >= 4 is 17.7 Å². The van der Waals surface area contributed by atoms with Crippen molar-refractivity contribution in [2.45, 2.75) is 76.4 Å². The summed E-state index contributed by atoms with van der Waals surface area (Å²) in [7, 11) is 0. The number of rotatable bonds is 4. The molecule has 0 radical (unpaired) electrons. The molecule has 5 nitrogen and oxygen atoms in total. The summed E-state index contributed by atoms with van der Waals surface area (Å²) in [5, 5.41) is 0. The first kappa shape index (κ1) is 17.7. The predicted molar refractivity (Wildman–Crippen MR) is 94.0 cm³/mol. The Labute approximate surface area is 154 Å². The van der Waals surface area contributed by atoms with Crippen LogP contribution in [0.5, 0.6) is 0 Å². The number of allylic oxidation sites excluding steroid dienone is 2. The number of hydrogen-bond acceptors (Lipinski definition) is 5. The van der Waals surface area contributed by atoms with E-state index in [1.807, 2.05) is 19.1 Å². The summed E-state index contributed by atoms with van der Waals surface area (Å²) in [5.74, 6) is -1.14. The van der Waals surface area contributed by atoms with Crippen molar-refractivity contribution in [1.82, 2.24) is 0 Å². The molecule has 3 fully saturated rings. The molecule has 142 valence electrons. The van der Waals surface area contributed by atoms with Gasteiger partial charge < -0.3 is 9.47 Å². The quantitative estimate of drug-likeness (QED) is 0.568. The molecule has 2 bridgehead atoms. The number of hydrogen-bond donors (Lipinski definition) is 0. The van der Waals surface area contributed by atoms with Gasteiger partial charge in [-0.3, -0.25) is 14.4 Å². The summed E-state index contributed by atoms with van der Waals surface area (Å²) in [6.45, 7) is 2.04. The third-order valence-corrected chi connectivity index (χ3v) is 6.75. The highest BCUT2D eigenvalue weighted by Gasteiger charge is 2.48. The predicted octanol–water partition coefficient (Wildman–Crippen LogP) is 3.36. The molecule has 0 amide bonds. The largest absolute Gasteiger partial charge is 0.462 e. The lowest BCUT2D eigenvalue weighted by Crippen LogP contribution is -2.36. The maximum Gasteiger partial charge on any atom is 0.310 e. The zero-order valence-corrected chi connectivity index (χ0v) is 15.4. The number of carbonyl (C=O) groups excluding carboxylic acids is 3. The Balaban J connectivity index is 1.27. The first-order chi connectivity index (χ1) is 12.5. The molecule has 0 spiro atoms. The van der Waals surface area contributed by atoms with E-state index < -0.39 is 0 Å². The summed E-state index contributed by atoms with van der Waals surface area (Å²) >= 11 is 0. The molecule has 0 heterocycles. The fourth-order valence-electron chi connectivity index (χ4n) is 5.12. The van der Waals surface area contributed by atoms with E-state index in [1.54, 1.807) is 0 Å². The van der Waals surface area contributed by atoms with Crippen molar-refractivity contribution in [3.05, 3.63) is 12.2 Å². The smallest absolute Gasteiger partial charge is 0.310 e. The van der Waals surface area contributed by atoms with Crippen LogP contribution in [0.1, 0.15) is 64.7 Å². The zero-order chi connectivity index (χ0) is 18.3. The zero-order valence-electron chi connectivity index (χ0n) is 15.4. The third kappa shape index (κ3) is 3.33. The molecule has 4 aliphatic rings. The highest BCUT2D eigenvalue weighted by molar-refractivity contribution is 5.96. The second kappa shape index (κ2) is 6.82. The van der Waals surface area contributed by atoms with Crippen molar-refractivity contribution in [3.8, 4) is 0 Å². The molecular formula is C21H28O5. The highest BCUT2D eigenvalue weighted by atomic mass is 16.6. The van der Waals surface area contributed by atoms with Gasteiger partial charge in [0.15, 0.2) is 0 Å². The number of ether oxygens (including phenoxy) is 2. The number of ketones is 1. The lowest BCUT2D eigenvalue weighted by atomic mass is 9.86. The molecule has 0 aromatic carbocycles. The van der Waals surface area contributed by atoms with Crippen molar-refractivity contribution in [2.75, 3.05) is 0 Å². The van der Waals surface area contributed by atoms with Crippen LogP contribution in [-0.4, -0.2) is 29.4 Å². The lowest BCUT2D eigenvalue weighted by molar-refractivity contribution is -0.167. The summed E-state index contributed by atoms with van der Waals surface area (Å²) in [4.78, 5) is 36.9. The first-order valence-electron chi connectivity index (χ1n) is 10.1. The second-order valence-corrected chi connectivity index (χ2v) is 8.76. The molecule has 0 aromatic rings. The van der Waals surface area contributed by atoms with E-state index in [0.29, 0.717) is 25.7 Å². The van der Waals surface area contributed by atoms with Crippen LogP contribution in [0.2, 0.25) is 0 Å². The third-order valence-electron chi connectivity index (χ3n) is 6.75. The Morgan fingerprint density at radius 2 is 1.81 bits per heavy atom. The van der Waals surface area contributed by atoms with Gasteiger partial charge in [0.1, 0.15) is 17.5 Å². The first-order valence-corrected chi connectivity index (χ1v) is 10.1. The van der Waals surface area contributed by atoms with Gasteiger partial charge >= 0.3 is 11.9 Å². The molecule has 4 rings (SSSR count). The summed E-state index contributed by atoms with van der Waals surface area (Å²) in [5.41, 5.74) is -0.320. The van der Waals surface area contributed by atoms with Gasteiger partial charge in [0, 0.05) is 11.8 Å². The summed E-state index contributed by atoms with van der Waals surface area (Å²) in [6.07, 6.45) is 11.4. The van der Waals surface area contributed by atoms with Crippen LogP contribution in [0.3, 0.4) is 0 Å². The molecule has 5 heteroatoms. The lowest BCUT2D eigenvalue weighted by Gasteiger charge is -2.34. The van der Waals surface area contributed by atoms with E-state index in [4.69, 9.17) is 9.47 Å². The van der Waals surface area contributed by atoms with Gasteiger partial charge in [-0.2, -0.15) is 0 Å². The minimum atomic E-state index is -0.329. The van der Waals surface area contributed by atoms with Crippen molar-refractivity contribution in [2.24, 2.45) is 23.7 Å². The molecule has 3 saturated carbocycles. The topological polar surface area (TPSA) is 69.7 Å². The van der Waals surface area contributed by atoms with Crippen LogP contribution >= 0.6 is 0 Å². The monoisotopic (exact) mass is 360 g/mol. The molecule has 26 heavy (non-hydrogen) atoms. The Hall–Kier alpha value is -1.65. The van der Waals surface area contributed by atoms with E-state index in [0.717, 1.165) is 25.7 Å². The molecule has 0 aliphatic heterocycles. The number of Topliss-reactive ketones (excluding diaryl/α,β-unsaturated/α-hetero) is 1. The SMILES string of the molecule is CC1(OC(=O)C2CCC(OC(=O)C3CC4C=CC3C4=O)C2)CCCCC1. The fourth-order valence-corrected chi connectivity index (χ4v) is 5.12. The molecule has 5 unspecified atom stereocenters. The standard InChI is InChI=1S/C21H28O5/c1-21(9-3-2-4-10-21)26-19(23)14-5-7-15(11-14)25-20(24)17-12-13-6-8-16(17)18(13)22/h6,8,13-17H,2-5,7,9-12H2,1H3. The molecule has 5 atom stereocenters. The Kier molecular flexibility index (Phi) is 4.66. The Morgan fingerprint density at radius 1 is 1.04 bits per heavy atom. The van der Waals surface area contributed by atoms with E-state index in [1.165, 1.54) is 6.42 Å². The minimum absolute atomic E-state index is 0.0971. The molecular weight excluding hydrogens is 332 g/mol. The van der Waals surface area contributed by atoms with Crippen molar-refractivity contribution < 1.29 is 23.9 Å². The van der Waals surface area contributed by atoms with Crippen LogP contribution in [0.25, 0.3) is 0 Å². The van der Waals surface area contributed by atoms with Crippen LogP contribution in [-0.2, 0) is 23.9 Å². The normalized spacial score (nSPS) is 37.7. The molecule has 0 aromatic heterocycles. The van der Waals surface area contributed by atoms with Crippen LogP contribution in [0.15, 0.2) is 12.2 Å². The fraction of sp³-hybridized carbons (Fsp3) is 0.762. The van der Waals surface area contributed by atoms with Gasteiger partial charge in [0.05, 0.1) is 11.8 Å². The van der Waals surface area contributed by atoms with Crippen molar-refractivity contribution in [1.29, 1.82) is 0 Å². The summed E-state index contributed by atoms with van der Waals surface area (Å²) in [6, 6.07) is 0. The maximum absolute atomic E-state index is 12.5. The number of carbonyl (C=O) groups is 3. The van der Waals surface area contributed by atoms with Gasteiger partial charge in [-0.1, -0.05) is 18.6 Å². The van der Waals surface area contributed by atoms with Gasteiger partial charge in [-0.05, 0) is 58.3 Å². The van der Waals surface area contributed by atoms with Gasteiger partial charge in [0.2, 0.25) is 0 Å². The minimum Gasteiger partial charge on any atom is -0.462 e. The maximum atomic E-state index is 12.5. The Bertz CT molecular complexity index is 630. The van der Waals surface area contributed by atoms with Crippen LogP contribution in [0, 0.1) is 23.7 Å². The molecule has 0 saturated heterocycles. The van der Waals surface area contributed by atoms with Crippen LogP contribution < -0.4 is 0 Å². The number of fused-ring (bicyclic) bond motifs is 2. The average molecular weight is 360 g/mol. The van der Waals surface area contributed by atoms with E-state index >= 15 is 0 Å². The second-order valence-electron chi connectivity index (χ2n) is 8.76.